The molecule has 0 aromatic rings. The van der Waals surface area contributed by atoms with Crippen LogP contribution in [-0.2, 0) is 19.1 Å². The van der Waals surface area contributed by atoms with Crippen molar-refractivity contribution in [3.8, 4) is 0 Å². The van der Waals surface area contributed by atoms with Gasteiger partial charge in [0.2, 0.25) is 0 Å². The van der Waals surface area contributed by atoms with Crippen LogP contribution < -0.4 is 5.73 Å². The Morgan fingerprint density at radius 1 is 1.50 bits per heavy atom. The molecule has 1 unspecified atom stereocenters. The van der Waals surface area contributed by atoms with Crippen LogP contribution in [0.1, 0.15) is 6.42 Å². The van der Waals surface area contributed by atoms with Crippen LogP contribution in [-0.4, -0.2) is 48.0 Å². The van der Waals surface area contributed by atoms with E-state index in [2.05, 4.69) is 0 Å². The SMILES string of the molecule is CS(=N)(=O)CC[C@H](N)C(=O)O.O=P(O)(O)O. The second-order valence-electron chi connectivity index (χ2n) is 2.96. The summed E-state index contributed by atoms with van der Waals surface area (Å²) in [6.07, 6.45) is 1.36. The summed E-state index contributed by atoms with van der Waals surface area (Å²) >= 11 is 0. The first-order valence-electron chi connectivity index (χ1n) is 3.81. The molecule has 0 heterocycles. The van der Waals surface area contributed by atoms with Crippen molar-refractivity contribution in [1.82, 2.24) is 0 Å². The van der Waals surface area contributed by atoms with Gasteiger partial charge in [-0.25, -0.2) is 4.57 Å². The minimum Gasteiger partial charge on any atom is -0.480 e. The molecule has 0 saturated heterocycles. The maximum atomic E-state index is 10.7. The van der Waals surface area contributed by atoms with Gasteiger partial charge in [0.15, 0.2) is 0 Å². The van der Waals surface area contributed by atoms with Crippen molar-refractivity contribution in [2.45, 2.75) is 12.5 Å². The minimum atomic E-state index is -4.64. The van der Waals surface area contributed by atoms with Gasteiger partial charge in [0.1, 0.15) is 6.04 Å². The number of carbonyl (C=O) groups is 1. The summed E-state index contributed by atoms with van der Waals surface area (Å²) in [6, 6.07) is -0.999. The number of nitrogens with two attached hydrogens (primary N) is 1. The van der Waals surface area contributed by atoms with E-state index in [4.69, 9.17) is 34.9 Å². The normalized spacial score (nSPS) is 16.6. The van der Waals surface area contributed by atoms with E-state index in [0.717, 1.165) is 0 Å². The number of hydrogen-bond donors (Lipinski definition) is 6. The van der Waals surface area contributed by atoms with Crippen molar-refractivity contribution < 1.29 is 33.4 Å². The second kappa shape index (κ2) is 6.94. The van der Waals surface area contributed by atoms with Crippen molar-refractivity contribution in [3.05, 3.63) is 0 Å². The van der Waals surface area contributed by atoms with Gasteiger partial charge in [-0.2, -0.15) is 0 Å². The highest BCUT2D eigenvalue weighted by atomic mass is 32.2. The van der Waals surface area contributed by atoms with Crippen LogP contribution in [0.25, 0.3) is 0 Å². The fourth-order valence-corrected chi connectivity index (χ4v) is 1.18. The molecule has 0 aliphatic carbocycles. The van der Waals surface area contributed by atoms with Gasteiger partial charge < -0.3 is 25.5 Å². The molecule has 16 heavy (non-hydrogen) atoms. The van der Waals surface area contributed by atoms with Crippen LogP contribution in [0.4, 0.5) is 0 Å². The average Bonchev–Trinajstić information content (AvgIpc) is 1.95. The largest absolute Gasteiger partial charge is 0.480 e. The first kappa shape index (κ1) is 17.9. The van der Waals surface area contributed by atoms with E-state index < -0.39 is 29.6 Å². The third kappa shape index (κ3) is 23.4. The molecule has 0 saturated carbocycles. The van der Waals surface area contributed by atoms with E-state index in [9.17, 15) is 9.00 Å². The molecule has 9 nitrogen and oxygen atoms in total. The molecule has 0 radical (unpaired) electrons. The monoisotopic (exact) mass is 278 g/mol. The molecular weight excluding hydrogens is 263 g/mol. The van der Waals surface area contributed by atoms with Gasteiger partial charge >= 0.3 is 13.8 Å². The summed E-state index contributed by atoms with van der Waals surface area (Å²) in [6.45, 7) is 0. The number of phosphoric acid groups is 1. The molecule has 11 heteroatoms. The van der Waals surface area contributed by atoms with Crippen LogP contribution >= 0.6 is 7.82 Å². The lowest BCUT2D eigenvalue weighted by molar-refractivity contribution is -0.138. The van der Waals surface area contributed by atoms with Crippen LogP contribution in [0.15, 0.2) is 0 Å². The Labute approximate surface area is 92.5 Å². The lowest BCUT2D eigenvalue weighted by atomic mass is 10.2. The molecular formula is C5H15N2O7PS. The highest BCUT2D eigenvalue weighted by Gasteiger charge is 2.12. The number of hydrogen-bond acceptors (Lipinski definition) is 5. The zero-order chi connectivity index (χ0) is 13.6. The van der Waals surface area contributed by atoms with E-state index in [-0.39, 0.29) is 12.2 Å². The summed E-state index contributed by atoms with van der Waals surface area (Å²) in [4.78, 5) is 31.7. The number of carboxylic acid groups (broad SMARTS) is 1. The van der Waals surface area contributed by atoms with Gasteiger partial charge in [-0.15, -0.1) is 0 Å². The standard InChI is InChI=1S/C5H12N2O3S.H3O4P/c1-11(7,10)3-2-4(6)5(8)9;1-5(2,3)4/h4,7H,2-3,6H2,1H3,(H,8,9);(H3,1,2,3,4)/t4-,11?;/m0./s1. The maximum absolute atomic E-state index is 10.7. The summed E-state index contributed by atoms with van der Waals surface area (Å²) in [5.74, 6) is -1.07. The number of aliphatic carboxylic acids is 1. The molecule has 0 fully saturated rings. The van der Waals surface area contributed by atoms with Crippen LogP contribution in [0.5, 0.6) is 0 Å². The molecule has 0 aliphatic rings. The topological polar surface area (TPSA) is 182 Å². The summed E-state index contributed by atoms with van der Waals surface area (Å²) in [5, 5.41) is 8.30. The zero-order valence-electron chi connectivity index (χ0n) is 8.44. The molecule has 2 atom stereocenters. The molecule has 0 rings (SSSR count). The van der Waals surface area contributed by atoms with Gasteiger partial charge in [-0.3, -0.25) is 13.8 Å². The van der Waals surface area contributed by atoms with Gasteiger partial charge in [-0.1, -0.05) is 0 Å². The summed E-state index contributed by atoms with van der Waals surface area (Å²) < 4.78 is 26.6. The predicted octanol–water partition coefficient (Wildman–Crippen LogP) is -1.46. The number of rotatable bonds is 4. The third-order valence-corrected chi connectivity index (χ3v) is 2.15. The Morgan fingerprint density at radius 3 is 2.00 bits per heavy atom. The Hall–Kier alpha value is -0.510. The van der Waals surface area contributed by atoms with Crippen LogP contribution in [0.3, 0.4) is 0 Å². The van der Waals surface area contributed by atoms with Crippen molar-refractivity contribution in [3.63, 3.8) is 0 Å². The van der Waals surface area contributed by atoms with Gasteiger partial charge in [0.25, 0.3) is 0 Å². The van der Waals surface area contributed by atoms with E-state index in [1.54, 1.807) is 0 Å². The quantitative estimate of drug-likeness (QED) is 0.337. The average molecular weight is 278 g/mol. The Balaban J connectivity index is 0. The lowest BCUT2D eigenvalue weighted by Crippen LogP contribution is -2.31. The molecule has 0 amide bonds. The lowest BCUT2D eigenvalue weighted by Gasteiger charge is -2.04. The fraction of sp³-hybridized carbons (Fsp3) is 0.800. The van der Waals surface area contributed by atoms with Crippen molar-refractivity contribution >= 4 is 23.5 Å². The van der Waals surface area contributed by atoms with Crippen molar-refractivity contribution in [1.29, 1.82) is 4.78 Å². The third-order valence-electron chi connectivity index (χ3n) is 1.14. The summed E-state index contributed by atoms with van der Waals surface area (Å²) in [5.41, 5.74) is 5.12. The van der Waals surface area contributed by atoms with Crippen LogP contribution in [0.2, 0.25) is 0 Å². The molecule has 0 aromatic heterocycles. The van der Waals surface area contributed by atoms with Gasteiger partial charge in [0, 0.05) is 21.7 Å². The Bertz CT molecular complexity index is 353. The first-order valence-corrected chi connectivity index (χ1v) is 7.51. The molecule has 0 bridgehead atoms. The zero-order valence-corrected chi connectivity index (χ0v) is 10.1. The minimum absolute atomic E-state index is 0.0421. The molecule has 98 valence electrons. The predicted molar refractivity (Wildman–Crippen MR) is 56.1 cm³/mol. The van der Waals surface area contributed by atoms with E-state index in [1.807, 2.05) is 0 Å². The molecule has 0 aliphatic heterocycles. The maximum Gasteiger partial charge on any atom is 0.466 e. The number of carboxylic acids is 1. The number of nitrogens with one attached hydrogen (secondary N) is 1. The van der Waals surface area contributed by atoms with Crippen LogP contribution in [0, 0.1) is 4.78 Å². The molecule has 0 aromatic carbocycles. The Kier molecular flexibility index (Phi) is 7.75. The van der Waals surface area contributed by atoms with E-state index >= 15 is 0 Å². The smallest absolute Gasteiger partial charge is 0.466 e. The highest BCUT2D eigenvalue weighted by Crippen LogP contribution is 2.25. The van der Waals surface area contributed by atoms with Gasteiger partial charge in [0.05, 0.1) is 0 Å². The highest BCUT2D eigenvalue weighted by molar-refractivity contribution is 7.91. The van der Waals surface area contributed by atoms with E-state index in [1.165, 1.54) is 6.26 Å². The first-order chi connectivity index (χ1) is 6.83. The second-order valence-corrected chi connectivity index (χ2v) is 6.40. The molecule has 0 spiro atoms. The van der Waals surface area contributed by atoms with Gasteiger partial charge in [-0.05, 0) is 6.42 Å². The van der Waals surface area contributed by atoms with Crippen molar-refractivity contribution in [2.75, 3.05) is 12.0 Å². The Morgan fingerprint density at radius 2 is 1.81 bits per heavy atom. The van der Waals surface area contributed by atoms with E-state index in [0.29, 0.717) is 0 Å². The fourth-order valence-electron chi connectivity index (χ4n) is 0.475. The molecule has 7 N–H and O–H groups in total. The summed E-state index contributed by atoms with van der Waals surface area (Å²) in [7, 11) is -7.23. The van der Waals surface area contributed by atoms with Crippen molar-refractivity contribution in [2.24, 2.45) is 5.73 Å².